The predicted molar refractivity (Wildman–Crippen MR) is 214 cm³/mol. The topological polar surface area (TPSA) is 0 Å². The van der Waals surface area contributed by atoms with E-state index in [-0.39, 0.29) is 5.41 Å². The lowest BCUT2D eigenvalue weighted by Crippen LogP contribution is -2.56. The summed E-state index contributed by atoms with van der Waals surface area (Å²) in [5, 5.41) is 3.31. The molecular weight excluding hydrogens is 597 g/mol. The van der Waals surface area contributed by atoms with Gasteiger partial charge >= 0.3 is 0 Å². The molecule has 0 spiro atoms. The maximum atomic E-state index is 2.76. The molecule has 0 unspecified atom stereocenters. The van der Waals surface area contributed by atoms with Crippen molar-refractivity contribution in [3.8, 4) is 11.1 Å². The van der Waals surface area contributed by atoms with Crippen LogP contribution in [0.2, 0.25) is 33.2 Å². The summed E-state index contributed by atoms with van der Waals surface area (Å²) in [6.07, 6.45) is 2.02. The zero-order chi connectivity index (χ0) is 34.3. The van der Waals surface area contributed by atoms with E-state index in [9.17, 15) is 0 Å². The van der Waals surface area contributed by atoms with Gasteiger partial charge in [-0.3, -0.25) is 0 Å². The molecule has 0 saturated carbocycles. The third-order valence-electron chi connectivity index (χ3n) is 12.8. The fraction of sp³-hybridized carbons (Fsp3) is 0.467. The lowest BCUT2D eigenvalue weighted by molar-refractivity contribution is 0.520. The van der Waals surface area contributed by atoms with Gasteiger partial charge in [-0.15, -0.1) is 0 Å². The molecule has 0 fully saturated rings. The molecule has 0 N–H and O–H groups in total. The molecule has 250 valence electrons. The second kappa shape index (κ2) is 13.7. The molecule has 0 saturated heterocycles. The van der Waals surface area contributed by atoms with Crippen molar-refractivity contribution in [1.29, 1.82) is 0 Å². The Bertz CT molecular complexity index is 1470. The Kier molecular flexibility index (Phi) is 10.4. The number of fused-ring (bicyclic) bond motifs is 3. The summed E-state index contributed by atoms with van der Waals surface area (Å²) in [5.74, 6) is 0. The van der Waals surface area contributed by atoms with Crippen LogP contribution in [0.15, 0.2) is 97.1 Å². The van der Waals surface area contributed by atoms with Gasteiger partial charge in [0.25, 0.3) is 0 Å². The van der Waals surface area contributed by atoms with Gasteiger partial charge in [-0.1, -0.05) is 191 Å². The zero-order valence-electron chi connectivity index (χ0n) is 31.6. The van der Waals surface area contributed by atoms with Crippen molar-refractivity contribution in [2.45, 2.75) is 135 Å². The molecule has 0 aliphatic heterocycles. The number of hydrogen-bond acceptors (Lipinski definition) is 0. The second-order valence-corrected chi connectivity index (χ2v) is 28.5. The molecule has 47 heavy (non-hydrogen) atoms. The minimum absolute atomic E-state index is 0.143. The Labute approximate surface area is 290 Å². The smallest absolute Gasteiger partial charge is 0.0648 e. The third kappa shape index (κ3) is 5.76. The molecule has 5 rings (SSSR count). The minimum atomic E-state index is -1.88. The van der Waals surface area contributed by atoms with E-state index in [0.29, 0.717) is 33.2 Å². The van der Waals surface area contributed by atoms with Crippen molar-refractivity contribution in [2.24, 2.45) is 0 Å². The van der Waals surface area contributed by atoms with Crippen LogP contribution in [0.3, 0.4) is 0 Å². The van der Waals surface area contributed by atoms with Crippen LogP contribution in [0.25, 0.3) is 11.1 Å². The van der Waals surface area contributed by atoms with Gasteiger partial charge in [0, 0.05) is 5.41 Å². The van der Waals surface area contributed by atoms with Crippen LogP contribution in [0, 0.1) is 0 Å². The van der Waals surface area contributed by atoms with Crippen molar-refractivity contribution in [3.63, 3.8) is 0 Å². The van der Waals surface area contributed by atoms with Crippen molar-refractivity contribution < 1.29 is 0 Å². The molecule has 0 amide bonds. The Hall–Kier alpha value is -2.69. The van der Waals surface area contributed by atoms with Crippen molar-refractivity contribution in [1.82, 2.24) is 0 Å². The summed E-state index contributed by atoms with van der Waals surface area (Å²) in [7, 11) is -3.75. The summed E-state index contributed by atoms with van der Waals surface area (Å²) in [5.41, 5.74) is 12.8. The third-order valence-corrected chi connectivity index (χ3v) is 26.9. The van der Waals surface area contributed by atoms with Crippen LogP contribution in [0.1, 0.15) is 105 Å². The van der Waals surface area contributed by atoms with Crippen LogP contribution in [-0.2, 0) is 18.3 Å². The van der Waals surface area contributed by atoms with Crippen LogP contribution in [0.5, 0.6) is 0 Å². The lowest BCUT2D eigenvalue weighted by Gasteiger charge is -2.45. The largest absolute Gasteiger partial charge is 0.0942 e. The first-order chi connectivity index (χ1) is 22.2. The molecule has 4 aromatic rings. The van der Waals surface area contributed by atoms with Crippen LogP contribution < -0.4 is 10.4 Å². The number of hydrogen-bond donors (Lipinski definition) is 0. The standard InChI is InChI=1S/C45H62Si2/c1-31(2)46(32(3)4,33(5)6)39-23-25-41-42-26-24-40(47(34(7)8,35(9)10)36(11)12)28-44(42)45(43(41)27-39,29-37-19-15-13-16-20-37)30-38-21-17-14-18-22-38/h13-28,31-36H,29-30H2,1-12H3. The minimum Gasteiger partial charge on any atom is -0.0648 e. The molecule has 1 aliphatic carbocycles. The highest BCUT2D eigenvalue weighted by Gasteiger charge is 2.50. The normalized spacial score (nSPS) is 14.6. The van der Waals surface area contributed by atoms with Gasteiger partial charge in [0.1, 0.15) is 0 Å². The molecule has 0 nitrogen and oxygen atoms in total. The molecule has 0 radical (unpaired) electrons. The first-order valence-electron chi connectivity index (χ1n) is 18.6. The molecule has 0 bridgehead atoms. The maximum absolute atomic E-state index is 2.76. The average Bonchev–Trinajstić information content (AvgIpc) is 3.26. The van der Waals surface area contributed by atoms with Gasteiger partial charge in [0.15, 0.2) is 0 Å². The van der Waals surface area contributed by atoms with Gasteiger partial charge in [0.05, 0.1) is 16.1 Å². The fourth-order valence-corrected chi connectivity index (χ4v) is 24.9. The summed E-state index contributed by atoms with van der Waals surface area (Å²) in [4.78, 5) is 0. The molecule has 2 heteroatoms. The second-order valence-electron chi connectivity index (χ2n) is 16.7. The highest BCUT2D eigenvalue weighted by molar-refractivity contribution is 6.95. The summed E-state index contributed by atoms with van der Waals surface area (Å²) < 4.78 is 0. The van der Waals surface area contributed by atoms with E-state index in [1.54, 1.807) is 21.5 Å². The zero-order valence-corrected chi connectivity index (χ0v) is 33.6. The molecular formula is C45H62Si2. The van der Waals surface area contributed by atoms with Gasteiger partial charge in [-0.25, -0.2) is 0 Å². The van der Waals surface area contributed by atoms with Crippen molar-refractivity contribution >= 4 is 26.5 Å². The van der Waals surface area contributed by atoms with Gasteiger partial charge < -0.3 is 0 Å². The fourth-order valence-electron chi connectivity index (χ4n) is 11.4. The van der Waals surface area contributed by atoms with E-state index in [1.807, 2.05) is 0 Å². The number of rotatable bonds is 12. The van der Waals surface area contributed by atoms with E-state index in [0.717, 1.165) is 12.8 Å². The molecule has 0 heterocycles. The highest BCUT2D eigenvalue weighted by atomic mass is 28.3. The molecule has 4 aromatic carbocycles. The lowest BCUT2D eigenvalue weighted by atomic mass is 9.69. The van der Waals surface area contributed by atoms with E-state index in [1.165, 1.54) is 22.3 Å². The molecule has 0 atom stereocenters. The van der Waals surface area contributed by atoms with Gasteiger partial charge in [-0.2, -0.15) is 0 Å². The molecule has 1 aliphatic rings. The quantitative estimate of drug-likeness (QED) is 0.133. The Morgan fingerprint density at radius 1 is 0.404 bits per heavy atom. The summed E-state index contributed by atoms with van der Waals surface area (Å²) >= 11 is 0. The van der Waals surface area contributed by atoms with Crippen molar-refractivity contribution in [2.75, 3.05) is 0 Å². The Morgan fingerprint density at radius 3 is 0.979 bits per heavy atom. The van der Waals surface area contributed by atoms with E-state index in [2.05, 4.69) is 180 Å². The monoisotopic (exact) mass is 658 g/mol. The van der Waals surface area contributed by atoms with E-state index >= 15 is 0 Å². The number of benzene rings is 4. The first kappa shape index (κ1) is 35.6. The summed E-state index contributed by atoms with van der Waals surface area (Å²) in [6.45, 7) is 30.1. The first-order valence-corrected chi connectivity index (χ1v) is 23.1. The molecule has 0 aromatic heterocycles. The van der Waals surface area contributed by atoms with Crippen LogP contribution in [-0.4, -0.2) is 16.1 Å². The average molecular weight is 659 g/mol. The van der Waals surface area contributed by atoms with Crippen molar-refractivity contribution in [3.05, 3.63) is 119 Å². The van der Waals surface area contributed by atoms with Gasteiger partial charge in [0.2, 0.25) is 0 Å². The van der Waals surface area contributed by atoms with Gasteiger partial charge in [-0.05, 0) is 79.5 Å². The van der Waals surface area contributed by atoms with E-state index in [4.69, 9.17) is 0 Å². The van der Waals surface area contributed by atoms with Crippen LogP contribution in [0.4, 0.5) is 0 Å². The predicted octanol–water partition coefficient (Wildman–Crippen LogP) is 12.2. The SMILES string of the molecule is CC(C)[Si](c1ccc2c(c1)C(Cc1ccccc1)(Cc1ccccc1)c1cc([Si](C(C)C)(C(C)C)C(C)C)ccc1-2)(C(C)C)C(C)C. The van der Waals surface area contributed by atoms with Crippen LogP contribution >= 0.6 is 0 Å². The summed E-state index contributed by atoms with van der Waals surface area (Å²) in [6, 6.07) is 38.5. The highest BCUT2D eigenvalue weighted by Crippen LogP contribution is 2.54. The Morgan fingerprint density at radius 2 is 0.702 bits per heavy atom. The van der Waals surface area contributed by atoms with E-state index < -0.39 is 16.1 Å². The maximum Gasteiger partial charge on any atom is 0.0942 e. The Balaban J connectivity index is 1.89.